The summed E-state index contributed by atoms with van der Waals surface area (Å²) in [7, 11) is 0. The standard InChI is InChI=1S/C23H30N4O2S.HI/c1-2-24-23(26-14-13-25-22(29)19-8-10-20(28)11-9-19)27-15-12-18(16-27)17-30-21-6-4-3-5-7-21;/h3-11,18,28H,2,12-17H2,1H3,(H,24,26)(H,25,29);1H. The van der Waals surface area contributed by atoms with Crippen molar-refractivity contribution >= 4 is 47.6 Å². The molecule has 0 bridgehead atoms. The first-order valence-electron chi connectivity index (χ1n) is 10.4. The summed E-state index contributed by atoms with van der Waals surface area (Å²) in [6.45, 7) is 5.89. The Balaban J connectivity index is 0.00000341. The molecule has 1 unspecified atom stereocenters. The average Bonchev–Trinajstić information content (AvgIpc) is 3.24. The Labute approximate surface area is 205 Å². The van der Waals surface area contributed by atoms with E-state index in [0.29, 0.717) is 24.6 Å². The van der Waals surface area contributed by atoms with Gasteiger partial charge < -0.3 is 20.6 Å². The third-order valence-electron chi connectivity index (χ3n) is 4.94. The van der Waals surface area contributed by atoms with Crippen LogP contribution in [0.1, 0.15) is 23.7 Å². The highest BCUT2D eigenvalue weighted by molar-refractivity contribution is 14.0. The van der Waals surface area contributed by atoms with Crippen molar-refractivity contribution in [2.75, 3.05) is 38.5 Å². The zero-order valence-electron chi connectivity index (χ0n) is 17.8. The van der Waals surface area contributed by atoms with Gasteiger partial charge in [0.2, 0.25) is 0 Å². The van der Waals surface area contributed by atoms with Crippen LogP contribution in [0.3, 0.4) is 0 Å². The number of thioether (sulfide) groups is 1. The molecule has 31 heavy (non-hydrogen) atoms. The fraction of sp³-hybridized carbons (Fsp3) is 0.391. The lowest BCUT2D eigenvalue weighted by Crippen LogP contribution is -2.40. The molecule has 1 heterocycles. The second-order valence-electron chi connectivity index (χ2n) is 7.26. The highest BCUT2D eigenvalue weighted by Crippen LogP contribution is 2.25. The number of aliphatic imine (C=N–C) groups is 1. The molecule has 2 aromatic rings. The number of benzene rings is 2. The van der Waals surface area contributed by atoms with E-state index in [9.17, 15) is 9.90 Å². The van der Waals surface area contributed by atoms with Gasteiger partial charge in [-0.1, -0.05) is 18.2 Å². The predicted molar refractivity (Wildman–Crippen MR) is 139 cm³/mol. The second kappa shape index (κ2) is 13.5. The number of guanidine groups is 1. The van der Waals surface area contributed by atoms with E-state index in [1.807, 2.05) is 17.8 Å². The van der Waals surface area contributed by atoms with Gasteiger partial charge in [0.25, 0.3) is 5.91 Å². The molecule has 168 valence electrons. The molecule has 0 spiro atoms. The molecule has 1 atom stereocenters. The van der Waals surface area contributed by atoms with Crippen LogP contribution in [0, 0.1) is 5.92 Å². The van der Waals surface area contributed by atoms with Gasteiger partial charge in [-0.15, -0.1) is 35.7 Å². The zero-order chi connectivity index (χ0) is 21.2. The molecule has 0 aliphatic carbocycles. The Morgan fingerprint density at radius 1 is 1.16 bits per heavy atom. The van der Waals surface area contributed by atoms with Gasteiger partial charge in [0, 0.05) is 42.4 Å². The maximum Gasteiger partial charge on any atom is 0.251 e. The van der Waals surface area contributed by atoms with Crippen LogP contribution in [-0.4, -0.2) is 60.3 Å². The van der Waals surface area contributed by atoms with Gasteiger partial charge in [0.15, 0.2) is 5.96 Å². The van der Waals surface area contributed by atoms with Gasteiger partial charge >= 0.3 is 0 Å². The Kier molecular flexibility index (Phi) is 11.0. The van der Waals surface area contributed by atoms with E-state index < -0.39 is 0 Å². The van der Waals surface area contributed by atoms with Crippen LogP contribution in [0.15, 0.2) is 64.5 Å². The van der Waals surface area contributed by atoms with E-state index in [1.165, 1.54) is 23.4 Å². The van der Waals surface area contributed by atoms with Crippen LogP contribution >= 0.6 is 35.7 Å². The summed E-state index contributed by atoms with van der Waals surface area (Å²) < 4.78 is 0. The van der Waals surface area contributed by atoms with Crippen LogP contribution < -0.4 is 10.6 Å². The number of hydrogen-bond donors (Lipinski definition) is 3. The third kappa shape index (κ3) is 8.25. The molecule has 8 heteroatoms. The van der Waals surface area contributed by atoms with Crippen LogP contribution in [0.25, 0.3) is 0 Å². The quantitative estimate of drug-likeness (QED) is 0.152. The molecule has 2 aromatic carbocycles. The minimum Gasteiger partial charge on any atom is -0.508 e. The smallest absolute Gasteiger partial charge is 0.251 e. The van der Waals surface area contributed by atoms with E-state index in [1.54, 1.807) is 12.1 Å². The summed E-state index contributed by atoms with van der Waals surface area (Å²) in [5.74, 6) is 2.67. The lowest BCUT2D eigenvalue weighted by molar-refractivity contribution is 0.0955. The molecule has 1 aliphatic rings. The first-order chi connectivity index (χ1) is 14.7. The SMILES string of the molecule is CCNC(=NCCNC(=O)c1ccc(O)cc1)N1CCC(CSc2ccccc2)C1.I. The number of halogens is 1. The number of nitrogens with zero attached hydrogens (tertiary/aromatic N) is 2. The molecule has 1 aliphatic heterocycles. The van der Waals surface area contributed by atoms with Crippen molar-refractivity contribution in [3.63, 3.8) is 0 Å². The Hall–Kier alpha value is -1.94. The van der Waals surface area contributed by atoms with E-state index >= 15 is 0 Å². The minimum absolute atomic E-state index is 0. The Morgan fingerprint density at radius 2 is 1.90 bits per heavy atom. The number of rotatable bonds is 8. The van der Waals surface area contributed by atoms with E-state index in [2.05, 4.69) is 46.7 Å². The molecule has 0 radical (unpaired) electrons. The summed E-state index contributed by atoms with van der Waals surface area (Å²) in [5.41, 5.74) is 0.530. The maximum atomic E-state index is 12.1. The molecular weight excluding hydrogens is 523 g/mol. The Morgan fingerprint density at radius 3 is 2.61 bits per heavy atom. The summed E-state index contributed by atoms with van der Waals surface area (Å²) in [6.07, 6.45) is 1.17. The second-order valence-corrected chi connectivity index (χ2v) is 8.36. The van der Waals surface area contributed by atoms with E-state index in [0.717, 1.165) is 31.3 Å². The van der Waals surface area contributed by atoms with Gasteiger partial charge in [0.1, 0.15) is 5.75 Å². The molecule has 6 nitrogen and oxygen atoms in total. The van der Waals surface area contributed by atoms with E-state index in [4.69, 9.17) is 4.99 Å². The highest BCUT2D eigenvalue weighted by Gasteiger charge is 2.24. The zero-order valence-corrected chi connectivity index (χ0v) is 20.9. The first-order valence-corrected chi connectivity index (χ1v) is 11.4. The third-order valence-corrected chi connectivity index (χ3v) is 6.18. The molecule has 3 rings (SSSR count). The van der Waals surface area contributed by atoms with Crippen molar-refractivity contribution in [1.29, 1.82) is 0 Å². The van der Waals surface area contributed by atoms with Gasteiger partial charge in [-0.25, -0.2) is 0 Å². The molecular formula is C23H31IN4O2S. The average molecular weight is 554 g/mol. The summed E-state index contributed by atoms with van der Waals surface area (Å²) in [6, 6.07) is 16.8. The number of hydrogen-bond acceptors (Lipinski definition) is 4. The van der Waals surface area contributed by atoms with Crippen LogP contribution in [0.2, 0.25) is 0 Å². The van der Waals surface area contributed by atoms with Crippen molar-refractivity contribution in [1.82, 2.24) is 15.5 Å². The van der Waals surface area contributed by atoms with Crippen molar-refractivity contribution < 1.29 is 9.90 Å². The molecule has 1 amide bonds. The first kappa shape index (κ1) is 25.3. The molecule has 3 N–H and O–H groups in total. The molecule has 1 fully saturated rings. The van der Waals surface area contributed by atoms with E-state index in [-0.39, 0.29) is 35.6 Å². The number of likely N-dealkylation sites (tertiary alicyclic amines) is 1. The number of carbonyl (C=O) groups excluding carboxylic acids is 1. The van der Waals surface area contributed by atoms with Crippen molar-refractivity contribution in [3.05, 3.63) is 60.2 Å². The van der Waals surface area contributed by atoms with Crippen LogP contribution in [0.4, 0.5) is 0 Å². The summed E-state index contributed by atoms with van der Waals surface area (Å²) in [5, 5.41) is 15.6. The van der Waals surface area contributed by atoms with Gasteiger partial charge in [-0.3, -0.25) is 9.79 Å². The highest BCUT2D eigenvalue weighted by atomic mass is 127. The lowest BCUT2D eigenvalue weighted by Gasteiger charge is -2.21. The number of aromatic hydroxyl groups is 1. The van der Waals surface area contributed by atoms with Gasteiger partial charge in [0.05, 0.1) is 6.54 Å². The summed E-state index contributed by atoms with van der Waals surface area (Å²) >= 11 is 1.92. The number of phenolic OH excluding ortho intramolecular Hbond substituents is 1. The number of nitrogens with one attached hydrogen (secondary N) is 2. The largest absolute Gasteiger partial charge is 0.508 e. The molecule has 0 aromatic heterocycles. The topological polar surface area (TPSA) is 77.0 Å². The van der Waals surface area contributed by atoms with Gasteiger partial charge in [-0.2, -0.15) is 0 Å². The van der Waals surface area contributed by atoms with Crippen LogP contribution in [0.5, 0.6) is 5.75 Å². The monoisotopic (exact) mass is 554 g/mol. The lowest BCUT2D eigenvalue weighted by atomic mass is 10.2. The molecule has 0 saturated carbocycles. The minimum atomic E-state index is -0.158. The fourth-order valence-corrected chi connectivity index (χ4v) is 4.41. The normalized spacial score (nSPS) is 16.0. The predicted octanol–water partition coefficient (Wildman–Crippen LogP) is 3.82. The number of carbonyl (C=O) groups is 1. The molecule has 1 saturated heterocycles. The van der Waals surface area contributed by atoms with Crippen LogP contribution in [-0.2, 0) is 0 Å². The Bertz CT molecular complexity index is 833. The van der Waals surface area contributed by atoms with Gasteiger partial charge in [-0.05, 0) is 55.7 Å². The maximum absolute atomic E-state index is 12.1. The number of phenols is 1. The van der Waals surface area contributed by atoms with Crippen molar-refractivity contribution in [3.8, 4) is 5.75 Å². The summed E-state index contributed by atoms with van der Waals surface area (Å²) in [4.78, 5) is 20.5. The van der Waals surface area contributed by atoms with Crippen molar-refractivity contribution in [2.45, 2.75) is 18.2 Å². The number of amides is 1. The fourth-order valence-electron chi connectivity index (χ4n) is 3.36. The van der Waals surface area contributed by atoms with Crippen molar-refractivity contribution in [2.24, 2.45) is 10.9 Å².